The second-order valence-electron chi connectivity index (χ2n) is 8.51. The molecule has 0 bridgehead atoms. The quantitative estimate of drug-likeness (QED) is 0.298. The van der Waals surface area contributed by atoms with Crippen LogP contribution in [-0.2, 0) is 22.4 Å². The Morgan fingerprint density at radius 1 is 0.971 bits per heavy atom. The number of amides is 2. The van der Waals surface area contributed by atoms with Crippen LogP contribution in [0.15, 0.2) is 42.5 Å². The molecule has 0 saturated heterocycles. The van der Waals surface area contributed by atoms with E-state index in [-0.39, 0.29) is 12.1 Å². The number of carbonyl (C=O) groups is 2. The average Bonchev–Trinajstić information content (AvgIpc) is 2.83. The summed E-state index contributed by atoms with van der Waals surface area (Å²) in [6.07, 6.45) is 5.19. The summed E-state index contributed by atoms with van der Waals surface area (Å²) in [4.78, 5) is 25.8. The van der Waals surface area contributed by atoms with Crippen LogP contribution in [0.1, 0.15) is 57.1 Å². The van der Waals surface area contributed by atoms with Gasteiger partial charge < -0.3 is 20.1 Å². The number of hydrogen-bond donors (Lipinski definition) is 2. The number of nitrogens with one attached hydrogen (secondary N) is 1. The first-order chi connectivity index (χ1) is 16.8. The summed E-state index contributed by atoms with van der Waals surface area (Å²) >= 11 is 0. The molecule has 6 nitrogen and oxygen atoms in total. The Balaban J connectivity index is 2.00. The van der Waals surface area contributed by atoms with E-state index < -0.39 is 29.7 Å². The zero-order valence-corrected chi connectivity index (χ0v) is 20.6. The van der Waals surface area contributed by atoms with E-state index in [0.717, 1.165) is 55.4 Å². The fraction of sp³-hybridized carbons (Fsp3) is 0.481. The van der Waals surface area contributed by atoms with Crippen molar-refractivity contribution in [1.29, 1.82) is 0 Å². The minimum absolute atomic E-state index is 0.0565. The third-order valence-electron chi connectivity index (χ3n) is 5.75. The van der Waals surface area contributed by atoms with Gasteiger partial charge in [-0.05, 0) is 43.0 Å². The number of rotatable bonds is 15. The average molecular weight is 491 g/mol. The second-order valence-corrected chi connectivity index (χ2v) is 8.51. The summed E-state index contributed by atoms with van der Waals surface area (Å²) in [6, 6.07) is 10.2. The smallest absolute Gasteiger partial charge is 0.333 e. The van der Waals surface area contributed by atoms with E-state index >= 15 is 0 Å². The minimum Gasteiger partial charge on any atom is -0.479 e. The van der Waals surface area contributed by atoms with Crippen molar-refractivity contribution in [3.05, 3.63) is 65.2 Å². The van der Waals surface area contributed by atoms with Crippen LogP contribution in [0, 0.1) is 11.6 Å². The summed E-state index contributed by atoms with van der Waals surface area (Å²) in [6.45, 7) is 5.19. The third-order valence-corrected chi connectivity index (χ3v) is 5.75. The summed E-state index contributed by atoms with van der Waals surface area (Å²) in [5.74, 6) is -2.51. The lowest BCUT2D eigenvalue weighted by Crippen LogP contribution is -2.37. The molecule has 2 amide bonds. The van der Waals surface area contributed by atoms with Crippen LogP contribution in [-0.4, -0.2) is 47.8 Å². The van der Waals surface area contributed by atoms with Gasteiger partial charge in [-0.15, -0.1) is 0 Å². The zero-order valence-electron chi connectivity index (χ0n) is 20.6. The number of unbranched alkanes of at least 4 members (excludes halogenated alkanes) is 4. The molecule has 0 radical (unpaired) electrons. The SMILES string of the molecule is CCCCCCCN(CCc1ccc(CC(OCC)C(=O)O)cc1)C(=O)Nc1ccc(F)cc1F. The molecule has 0 aliphatic heterocycles. The summed E-state index contributed by atoms with van der Waals surface area (Å²) in [5, 5.41) is 11.8. The minimum atomic E-state index is -0.992. The third kappa shape index (κ3) is 10.0. The molecular formula is C27H36F2N2O4. The van der Waals surface area contributed by atoms with Gasteiger partial charge in [-0.25, -0.2) is 18.4 Å². The molecule has 2 N–H and O–H groups in total. The Morgan fingerprint density at radius 2 is 1.66 bits per heavy atom. The highest BCUT2D eigenvalue weighted by atomic mass is 19.1. The van der Waals surface area contributed by atoms with Crippen molar-refractivity contribution in [2.24, 2.45) is 0 Å². The number of anilines is 1. The molecule has 35 heavy (non-hydrogen) atoms. The van der Waals surface area contributed by atoms with Crippen LogP contribution in [0.4, 0.5) is 19.3 Å². The van der Waals surface area contributed by atoms with Crippen molar-refractivity contribution >= 4 is 17.7 Å². The van der Waals surface area contributed by atoms with E-state index in [0.29, 0.717) is 26.1 Å². The van der Waals surface area contributed by atoms with Crippen molar-refractivity contribution in [3.8, 4) is 0 Å². The van der Waals surface area contributed by atoms with Crippen molar-refractivity contribution in [3.63, 3.8) is 0 Å². The predicted molar refractivity (Wildman–Crippen MR) is 133 cm³/mol. The Kier molecular flexibility index (Phi) is 12.2. The highest BCUT2D eigenvalue weighted by Gasteiger charge is 2.18. The number of ether oxygens (including phenoxy) is 1. The number of benzene rings is 2. The topological polar surface area (TPSA) is 78.9 Å². The monoisotopic (exact) mass is 490 g/mol. The van der Waals surface area contributed by atoms with Gasteiger partial charge in [0.05, 0.1) is 5.69 Å². The van der Waals surface area contributed by atoms with Crippen LogP contribution in [0.25, 0.3) is 0 Å². The maximum atomic E-state index is 14.0. The Labute approximate surface area is 206 Å². The molecule has 0 fully saturated rings. The molecule has 8 heteroatoms. The lowest BCUT2D eigenvalue weighted by atomic mass is 10.0. The molecular weight excluding hydrogens is 454 g/mol. The number of carboxylic acids is 1. The Bertz CT molecular complexity index is 937. The number of halogens is 2. The molecule has 1 unspecified atom stereocenters. The van der Waals surface area contributed by atoms with Gasteiger partial charge in [0.15, 0.2) is 6.10 Å². The first-order valence-corrected chi connectivity index (χ1v) is 12.3. The molecule has 0 saturated carbocycles. The molecule has 0 spiro atoms. The molecule has 2 aromatic carbocycles. The summed E-state index contributed by atoms with van der Waals surface area (Å²) in [7, 11) is 0. The lowest BCUT2D eigenvalue weighted by Gasteiger charge is -2.23. The van der Waals surface area contributed by atoms with Crippen molar-refractivity contribution in [1.82, 2.24) is 4.90 Å². The van der Waals surface area contributed by atoms with E-state index in [9.17, 15) is 23.5 Å². The summed E-state index contributed by atoms with van der Waals surface area (Å²) in [5.41, 5.74) is 1.79. The van der Waals surface area contributed by atoms with Crippen LogP contribution in [0.3, 0.4) is 0 Å². The first-order valence-electron chi connectivity index (χ1n) is 12.3. The molecule has 2 aromatic rings. The highest BCUT2D eigenvalue weighted by Crippen LogP contribution is 2.17. The molecule has 2 rings (SSSR count). The van der Waals surface area contributed by atoms with Gasteiger partial charge in [0, 0.05) is 32.2 Å². The van der Waals surface area contributed by atoms with Crippen LogP contribution >= 0.6 is 0 Å². The standard InChI is InChI=1S/C27H36F2N2O4/c1-3-5-6-7-8-16-31(27(34)30-24-14-13-22(28)19-23(24)29)17-15-20-9-11-21(12-10-20)18-25(26(32)33)35-4-2/h9-14,19,25H,3-8,15-18H2,1-2H3,(H,30,34)(H,32,33). The normalized spacial score (nSPS) is 11.8. The molecule has 192 valence electrons. The second kappa shape index (κ2) is 15.1. The number of carbonyl (C=O) groups excluding carboxylic acids is 1. The number of carboxylic acid groups (broad SMARTS) is 1. The van der Waals surface area contributed by atoms with Gasteiger partial charge in [0.2, 0.25) is 0 Å². The number of hydrogen-bond acceptors (Lipinski definition) is 3. The van der Waals surface area contributed by atoms with Crippen LogP contribution in [0.5, 0.6) is 0 Å². The highest BCUT2D eigenvalue weighted by molar-refractivity contribution is 5.89. The zero-order chi connectivity index (χ0) is 25.6. The van der Waals surface area contributed by atoms with E-state index in [2.05, 4.69) is 12.2 Å². The Morgan fingerprint density at radius 3 is 2.29 bits per heavy atom. The van der Waals surface area contributed by atoms with E-state index in [1.165, 1.54) is 6.07 Å². The van der Waals surface area contributed by atoms with Gasteiger partial charge in [-0.3, -0.25) is 0 Å². The maximum Gasteiger partial charge on any atom is 0.333 e. The van der Waals surface area contributed by atoms with Crippen LogP contribution in [0.2, 0.25) is 0 Å². The van der Waals surface area contributed by atoms with Crippen LogP contribution < -0.4 is 5.32 Å². The molecule has 0 aliphatic carbocycles. The van der Waals surface area contributed by atoms with Gasteiger partial charge in [0.1, 0.15) is 11.6 Å². The number of aliphatic carboxylic acids is 1. The van der Waals surface area contributed by atoms with Crippen molar-refractivity contribution < 1.29 is 28.2 Å². The van der Waals surface area contributed by atoms with E-state index in [1.807, 2.05) is 24.3 Å². The van der Waals surface area contributed by atoms with Gasteiger partial charge in [-0.2, -0.15) is 0 Å². The number of urea groups is 1. The molecule has 0 aliphatic rings. The first kappa shape index (κ1) is 28.2. The van der Waals surface area contributed by atoms with E-state index in [4.69, 9.17) is 4.74 Å². The van der Waals surface area contributed by atoms with Gasteiger partial charge in [-0.1, -0.05) is 56.9 Å². The van der Waals surface area contributed by atoms with Crippen molar-refractivity contribution in [2.75, 3.05) is 25.0 Å². The maximum absolute atomic E-state index is 14.0. The van der Waals surface area contributed by atoms with Gasteiger partial charge >= 0.3 is 12.0 Å². The predicted octanol–water partition coefficient (Wildman–Crippen LogP) is 6.04. The number of nitrogens with zero attached hydrogens (tertiary/aromatic N) is 1. The summed E-state index contributed by atoms with van der Waals surface area (Å²) < 4.78 is 32.5. The largest absolute Gasteiger partial charge is 0.479 e. The fourth-order valence-electron chi connectivity index (χ4n) is 3.75. The van der Waals surface area contributed by atoms with Gasteiger partial charge in [0.25, 0.3) is 0 Å². The molecule has 0 aromatic heterocycles. The van der Waals surface area contributed by atoms with E-state index in [1.54, 1.807) is 11.8 Å². The Hall–Kier alpha value is -3.00. The fourth-order valence-corrected chi connectivity index (χ4v) is 3.75. The lowest BCUT2D eigenvalue weighted by molar-refractivity contribution is -0.149. The molecule has 1 atom stereocenters. The molecule has 0 heterocycles. The van der Waals surface area contributed by atoms with Crippen molar-refractivity contribution in [2.45, 2.75) is 64.9 Å².